The number of aliphatic hydroxyl groups is 1. The van der Waals surface area contributed by atoms with Gasteiger partial charge in [-0.15, -0.1) is 0 Å². The van der Waals surface area contributed by atoms with Crippen molar-refractivity contribution in [2.75, 3.05) is 19.7 Å². The smallest absolute Gasteiger partial charge is 0.0615 e. The van der Waals surface area contributed by atoms with Gasteiger partial charge in [-0.3, -0.25) is 4.90 Å². The Balaban J connectivity index is 0. The summed E-state index contributed by atoms with van der Waals surface area (Å²) in [6.45, 7) is 14.9. The molecule has 1 rings (SSSR count). The average Bonchev–Trinajstić information content (AvgIpc) is 2.45. The summed E-state index contributed by atoms with van der Waals surface area (Å²) in [4.78, 5) is 2.44. The van der Waals surface area contributed by atoms with Crippen LogP contribution in [0.15, 0.2) is 0 Å². The molecule has 1 saturated carbocycles. The fourth-order valence-electron chi connectivity index (χ4n) is 2.68. The zero-order valence-corrected chi connectivity index (χ0v) is 13.1. The fraction of sp³-hybridized carbons (Fsp3) is 1.00. The molecular weight excluding hydrogens is 210 g/mol. The molecule has 0 aromatic rings. The normalized spacial score (nSPS) is 17.6. The van der Waals surface area contributed by atoms with Gasteiger partial charge in [0.15, 0.2) is 0 Å². The maximum atomic E-state index is 9.53. The lowest BCUT2D eigenvalue weighted by Gasteiger charge is -2.44. The predicted octanol–water partition coefficient (Wildman–Crippen LogP) is 4.08. The molecule has 0 amide bonds. The summed E-state index contributed by atoms with van der Waals surface area (Å²) in [7, 11) is 0. The molecule has 0 aromatic carbocycles. The van der Waals surface area contributed by atoms with Crippen LogP contribution in [0.5, 0.6) is 0 Å². The van der Waals surface area contributed by atoms with Gasteiger partial charge in [-0.2, -0.15) is 0 Å². The molecule has 2 nitrogen and oxygen atoms in total. The fourth-order valence-corrected chi connectivity index (χ4v) is 2.68. The molecule has 0 spiro atoms. The lowest BCUT2D eigenvalue weighted by atomic mass is 9.81. The quantitative estimate of drug-likeness (QED) is 0.807. The first-order chi connectivity index (χ1) is 8.29. The van der Waals surface area contributed by atoms with Crippen LogP contribution in [-0.2, 0) is 0 Å². The first-order valence-corrected chi connectivity index (χ1v) is 7.65. The van der Waals surface area contributed by atoms with Crippen molar-refractivity contribution in [2.24, 2.45) is 0 Å². The van der Waals surface area contributed by atoms with Gasteiger partial charge in [0.25, 0.3) is 0 Å². The van der Waals surface area contributed by atoms with E-state index < -0.39 is 0 Å². The van der Waals surface area contributed by atoms with Gasteiger partial charge in [0.05, 0.1) is 6.61 Å². The average molecular weight is 245 g/mol. The van der Waals surface area contributed by atoms with E-state index >= 15 is 0 Å². The van der Waals surface area contributed by atoms with Gasteiger partial charge in [-0.1, -0.05) is 60.8 Å². The molecule has 0 aromatic heterocycles. The van der Waals surface area contributed by atoms with Gasteiger partial charge in [-0.25, -0.2) is 0 Å². The van der Waals surface area contributed by atoms with Crippen LogP contribution in [0.1, 0.15) is 73.6 Å². The van der Waals surface area contributed by atoms with Gasteiger partial charge in [0.1, 0.15) is 0 Å². The molecule has 1 aliphatic carbocycles. The van der Waals surface area contributed by atoms with Crippen molar-refractivity contribution in [3.63, 3.8) is 0 Å². The zero-order valence-electron chi connectivity index (χ0n) is 13.1. The number of rotatable bonds is 4. The minimum atomic E-state index is 0.127. The second kappa shape index (κ2) is 12.4. The Morgan fingerprint density at radius 2 is 1.29 bits per heavy atom. The first-order valence-electron chi connectivity index (χ1n) is 7.65. The Morgan fingerprint density at radius 3 is 1.59 bits per heavy atom. The maximum Gasteiger partial charge on any atom is 0.0615 e. The molecule has 1 aliphatic rings. The molecule has 1 fully saturated rings. The lowest BCUT2D eigenvalue weighted by Crippen LogP contribution is -2.52. The van der Waals surface area contributed by atoms with Crippen LogP contribution in [0.25, 0.3) is 0 Å². The van der Waals surface area contributed by atoms with Crippen LogP contribution in [0, 0.1) is 0 Å². The van der Waals surface area contributed by atoms with Crippen molar-refractivity contribution in [1.29, 1.82) is 0 Å². The molecule has 0 bridgehead atoms. The van der Waals surface area contributed by atoms with E-state index in [1.807, 2.05) is 27.7 Å². The van der Waals surface area contributed by atoms with E-state index in [4.69, 9.17) is 0 Å². The lowest BCUT2D eigenvalue weighted by molar-refractivity contribution is 0.00734. The maximum absolute atomic E-state index is 9.53. The van der Waals surface area contributed by atoms with Crippen LogP contribution in [0.3, 0.4) is 0 Å². The molecule has 0 heterocycles. The van der Waals surface area contributed by atoms with Crippen LogP contribution in [0.2, 0.25) is 0 Å². The second-order valence-corrected chi connectivity index (χ2v) is 4.12. The Kier molecular flexibility index (Phi) is 14.0. The number of nitrogens with zero attached hydrogens (tertiary/aromatic N) is 1. The van der Waals surface area contributed by atoms with Crippen LogP contribution in [0.4, 0.5) is 0 Å². The van der Waals surface area contributed by atoms with Crippen LogP contribution >= 0.6 is 0 Å². The Morgan fingerprint density at radius 1 is 0.882 bits per heavy atom. The second-order valence-electron chi connectivity index (χ2n) is 4.12. The molecule has 0 aliphatic heterocycles. The van der Waals surface area contributed by atoms with E-state index in [2.05, 4.69) is 18.7 Å². The highest BCUT2D eigenvalue weighted by molar-refractivity contribution is 4.91. The van der Waals surface area contributed by atoms with Crippen molar-refractivity contribution >= 4 is 0 Å². The number of hydrogen-bond acceptors (Lipinski definition) is 2. The highest BCUT2D eigenvalue weighted by Gasteiger charge is 2.35. The summed E-state index contributed by atoms with van der Waals surface area (Å²) in [5.74, 6) is 0. The largest absolute Gasteiger partial charge is 0.394 e. The number of aliphatic hydroxyl groups excluding tert-OH is 1. The number of hydrogen-bond donors (Lipinski definition) is 1. The summed E-state index contributed by atoms with van der Waals surface area (Å²) < 4.78 is 0. The summed E-state index contributed by atoms with van der Waals surface area (Å²) >= 11 is 0. The van der Waals surface area contributed by atoms with Gasteiger partial charge < -0.3 is 5.11 Å². The van der Waals surface area contributed by atoms with Crippen LogP contribution in [-0.4, -0.2) is 35.2 Å². The van der Waals surface area contributed by atoms with Gasteiger partial charge in [-0.05, 0) is 25.9 Å². The summed E-state index contributed by atoms with van der Waals surface area (Å²) in [5, 5.41) is 9.53. The Hall–Kier alpha value is -0.0800. The third kappa shape index (κ3) is 5.87. The minimum absolute atomic E-state index is 0.127. The monoisotopic (exact) mass is 245 g/mol. The number of likely N-dealkylation sites (N-methyl/N-ethyl adjacent to an activating group) is 1. The van der Waals surface area contributed by atoms with E-state index in [1.54, 1.807) is 0 Å². The van der Waals surface area contributed by atoms with E-state index in [9.17, 15) is 5.11 Å². The molecule has 0 radical (unpaired) electrons. The molecular formula is C15H35NO. The van der Waals surface area contributed by atoms with Crippen molar-refractivity contribution in [3.8, 4) is 0 Å². The Bertz CT molecular complexity index is 138. The third-order valence-corrected chi connectivity index (χ3v) is 3.51. The van der Waals surface area contributed by atoms with Crippen LogP contribution < -0.4 is 0 Å². The minimum Gasteiger partial charge on any atom is -0.394 e. The predicted molar refractivity (Wildman–Crippen MR) is 78.5 cm³/mol. The summed E-state index contributed by atoms with van der Waals surface area (Å²) in [6.07, 6.45) is 6.30. The molecule has 106 valence electrons. The molecule has 2 heteroatoms. The molecule has 0 atom stereocenters. The van der Waals surface area contributed by atoms with Crippen molar-refractivity contribution in [2.45, 2.75) is 79.2 Å². The summed E-state index contributed by atoms with van der Waals surface area (Å²) in [5.41, 5.74) is 0.127. The van der Waals surface area contributed by atoms with E-state index in [0.717, 1.165) is 13.1 Å². The van der Waals surface area contributed by atoms with E-state index in [0.29, 0.717) is 6.61 Å². The standard InChI is InChI=1S/C11H23NO.2C2H6/c1-3-12(4-2)11(10-13)8-6-5-7-9-11;2*1-2/h13H,3-10H2,1-2H3;2*1-2H3. The molecule has 0 unspecified atom stereocenters. The van der Waals surface area contributed by atoms with Crippen molar-refractivity contribution in [1.82, 2.24) is 4.90 Å². The van der Waals surface area contributed by atoms with Crippen molar-refractivity contribution in [3.05, 3.63) is 0 Å². The van der Waals surface area contributed by atoms with Gasteiger partial charge in [0.2, 0.25) is 0 Å². The molecule has 1 N–H and O–H groups in total. The summed E-state index contributed by atoms with van der Waals surface area (Å²) in [6, 6.07) is 0. The Labute approximate surface area is 109 Å². The molecule has 0 saturated heterocycles. The highest BCUT2D eigenvalue weighted by Crippen LogP contribution is 2.32. The first kappa shape index (κ1) is 19.3. The molecule has 17 heavy (non-hydrogen) atoms. The zero-order chi connectivity index (χ0) is 13.7. The van der Waals surface area contributed by atoms with E-state index in [-0.39, 0.29) is 5.54 Å². The van der Waals surface area contributed by atoms with Gasteiger partial charge >= 0.3 is 0 Å². The van der Waals surface area contributed by atoms with Crippen molar-refractivity contribution < 1.29 is 5.11 Å². The highest BCUT2D eigenvalue weighted by atomic mass is 16.3. The SMILES string of the molecule is CC.CC.CCN(CC)C1(CO)CCCCC1. The topological polar surface area (TPSA) is 23.5 Å². The third-order valence-electron chi connectivity index (χ3n) is 3.51. The van der Waals surface area contributed by atoms with Gasteiger partial charge in [0, 0.05) is 5.54 Å². The van der Waals surface area contributed by atoms with E-state index in [1.165, 1.54) is 32.1 Å².